The van der Waals surface area contributed by atoms with Gasteiger partial charge in [-0.05, 0) is 64.3 Å². The van der Waals surface area contributed by atoms with E-state index in [9.17, 15) is 24.0 Å². The molecule has 2 fully saturated rings. The number of carbonyl (C=O) groups is 5. The minimum absolute atomic E-state index is 0.0209. The molecule has 0 bridgehead atoms. The summed E-state index contributed by atoms with van der Waals surface area (Å²) in [6, 6.07) is 9.58. The number of hydrogen-bond donors (Lipinski definition) is 5. The first-order valence-corrected chi connectivity index (χ1v) is 19.1. The number of aromatic amines is 1. The van der Waals surface area contributed by atoms with Gasteiger partial charge in [0.1, 0.15) is 34.8 Å². The molecule has 1 saturated heterocycles. The number of nitrogens with zero attached hydrogens (tertiary/aromatic N) is 6. The molecule has 1 aliphatic carbocycles. The van der Waals surface area contributed by atoms with Crippen LogP contribution in [0, 0.1) is 13.8 Å². The topological polar surface area (TPSA) is 231 Å². The van der Waals surface area contributed by atoms with Crippen molar-refractivity contribution >= 4 is 68.8 Å². The number of hydrogen-bond acceptors (Lipinski definition) is 13. The SMILES string of the molecule is CCn1nc(C2CC2)cc1Nc1nc(C(=O)NCCNc2cccc3c2C(=O)N(C2CCC(=O)NC2=O)C3=O)nc2[nH]c3cc(-c4c(C)noc4C)c(OC)cc3c12. The number of benzene rings is 2. The molecule has 5 N–H and O–H groups in total. The molecule has 2 aliphatic heterocycles. The summed E-state index contributed by atoms with van der Waals surface area (Å²) in [5.41, 5.74) is 5.10. The fraction of sp³-hybridized carbons (Fsp3) is 0.325. The molecule has 1 unspecified atom stereocenters. The van der Waals surface area contributed by atoms with E-state index in [4.69, 9.17) is 19.3 Å². The highest BCUT2D eigenvalue weighted by molar-refractivity contribution is 6.25. The average Bonchev–Trinajstić information content (AvgIpc) is 3.66. The maximum Gasteiger partial charge on any atom is 0.289 e. The molecule has 1 atom stereocenters. The van der Waals surface area contributed by atoms with E-state index in [-0.39, 0.29) is 42.9 Å². The van der Waals surface area contributed by atoms with Gasteiger partial charge in [-0.1, -0.05) is 11.2 Å². The fourth-order valence-electron chi connectivity index (χ4n) is 7.84. The van der Waals surface area contributed by atoms with Gasteiger partial charge < -0.3 is 30.2 Å². The Balaban J connectivity index is 0.995. The number of fused-ring (bicyclic) bond motifs is 4. The third-order valence-corrected chi connectivity index (χ3v) is 10.8. The molecule has 2 aromatic carbocycles. The zero-order valence-corrected chi connectivity index (χ0v) is 32.1. The van der Waals surface area contributed by atoms with Crippen LogP contribution in [0.25, 0.3) is 33.1 Å². The van der Waals surface area contributed by atoms with Crippen LogP contribution in [-0.4, -0.2) is 90.6 Å². The number of carbonyl (C=O) groups excluding carboxylic acids is 5. The smallest absolute Gasteiger partial charge is 0.289 e. The van der Waals surface area contributed by atoms with Gasteiger partial charge in [-0.2, -0.15) is 5.10 Å². The average molecular weight is 786 g/mol. The molecule has 58 heavy (non-hydrogen) atoms. The van der Waals surface area contributed by atoms with Gasteiger partial charge in [0.15, 0.2) is 0 Å². The zero-order valence-electron chi connectivity index (χ0n) is 32.1. The van der Waals surface area contributed by atoms with Crippen LogP contribution in [0.15, 0.2) is 40.9 Å². The summed E-state index contributed by atoms with van der Waals surface area (Å²) in [6.07, 6.45) is 2.26. The van der Waals surface area contributed by atoms with Crippen molar-refractivity contribution in [3.63, 3.8) is 0 Å². The summed E-state index contributed by atoms with van der Waals surface area (Å²) in [7, 11) is 1.60. The number of aromatic nitrogens is 6. The van der Waals surface area contributed by atoms with E-state index in [1.807, 2.05) is 43.7 Å². The van der Waals surface area contributed by atoms with Gasteiger partial charge in [0.25, 0.3) is 17.7 Å². The molecule has 6 heterocycles. The van der Waals surface area contributed by atoms with Crippen molar-refractivity contribution in [2.75, 3.05) is 30.8 Å². The lowest BCUT2D eigenvalue weighted by molar-refractivity contribution is -0.136. The normalized spacial score (nSPS) is 16.6. The van der Waals surface area contributed by atoms with Crippen molar-refractivity contribution in [3.05, 3.63) is 70.5 Å². The van der Waals surface area contributed by atoms with E-state index in [0.29, 0.717) is 52.2 Å². The number of rotatable bonds is 12. The van der Waals surface area contributed by atoms with Crippen molar-refractivity contribution in [1.82, 2.24) is 45.4 Å². The van der Waals surface area contributed by atoms with Crippen molar-refractivity contribution in [3.8, 4) is 16.9 Å². The molecule has 0 spiro atoms. The van der Waals surface area contributed by atoms with Crippen LogP contribution >= 0.6 is 0 Å². The summed E-state index contributed by atoms with van der Waals surface area (Å²) in [6.45, 7) is 6.61. The predicted octanol–water partition coefficient (Wildman–Crippen LogP) is 4.47. The Hall–Kier alpha value is -7.11. The Labute approximate surface area is 330 Å². The summed E-state index contributed by atoms with van der Waals surface area (Å²) in [5.74, 6) is -0.221. The number of imide groups is 2. The second-order valence-electron chi connectivity index (χ2n) is 14.6. The second-order valence-corrected chi connectivity index (χ2v) is 14.6. The van der Waals surface area contributed by atoms with Gasteiger partial charge in [-0.3, -0.25) is 34.2 Å². The molecule has 3 aliphatic rings. The number of nitrogens with one attached hydrogen (secondary N) is 5. The minimum atomic E-state index is -1.08. The zero-order chi connectivity index (χ0) is 40.4. The molecule has 6 aromatic rings. The lowest BCUT2D eigenvalue weighted by Gasteiger charge is -2.27. The van der Waals surface area contributed by atoms with Crippen molar-refractivity contribution in [2.24, 2.45) is 0 Å². The number of H-pyrrole nitrogens is 1. The monoisotopic (exact) mass is 785 g/mol. The number of piperidine rings is 1. The van der Waals surface area contributed by atoms with Gasteiger partial charge in [-0.25, -0.2) is 14.6 Å². The van der Waals surface area contributed by atoms with E-state index in [0.717, 1.165) is 51.3 Å². The minimum Gasteiger partial charge on any atom is -0.496 e. The van der Waals surface area contributed by atoms with Crippen LogP contribution in [0.5, 0.6) is 5.75 Å². The highest BCUT2D eigenvalue weighted by Crippen LogP contribution is 2.43. The standard InChI is InChI=1S/C40H39N11O7/c1-5-50-29(17-25(48-50)20-9-10-20)44-35-33-22-16-28(57-4)23(31-18(2)49-58-19(31)3)15-26(22)43-34(33)46-36(47-35)38(54)42-14-13-41-24-8-6-7-21-32(24)40(56)51(39(21)55)27-11-12-30(52)45-37(27)53/h6-8,15-17,20,27,41H,5,9-14H2,1-4H3,(H,42,54)(H,45,52,53)(H2,43,44,46,47). The quantitative estimate of drug-likeness (QED) is 0.0853. The van der Waals surface area contributed by atoms with Crippen molar-refractivity contribution in [1.29, 1.82) is 0 Å². The maximum absolute atomic E-state index is 13.8. The van der Waals surface area contributed by atoms with E-state index in [2.05, 4.69) is 36.4 Å². The highest BCUT2D eigenvalue weighted by atomic mass is 16.5. The van der Waals surface area contributed by atoms with Crippen LogP contribution in [0.3, 0.4) is 0 Å². The van der Waals surface area contributed by atoms with E-state index in [1.165, 1.54) is 6.07 Å². The van der Waals surface area contributed by atoms with Gasteiger partial charge >= 0.3 is 0 Å². The summed E-state index contributed by atoms with van der Waals surface area (Å²) < 4.78 is 13.2. The second kappa shape index (κ2) is 14.1. The third kappa shape index (κ3) is 6.16. The molecule has 5 amide bonds. The Kier molecular flexibility index (Phi) is 8.89. The predicted molar refractivity (Wildman–Crippen MR) is 210 cm³/mol. The Bertz CT molecular complexity index is 2710. The van der Waals surface area contributed by atoms with Crippen molar-refractivity contribution in [2.45, 2.75) is 65.0 Å². The maximum atomic E-state index is 13.8. The van der Waals surface area contributed by atoms with Crippen LogP contribution in [-0.2, 0) is 16.1 Å². The third-order valence-electron chi connectivity index (χ3n) is 10.8. The number of methoxy groups -OCH3 is 1. The highest BCUT2D eigenvalue weighted by Gasteiger charge is 2.45. The lowest BCUT2D eigenvalue weighted by atomic mass is 10.0. The lowest BCUT2D eigenvalue weighted by Crippen LogP contribution is -2.54. The molecule has 9 rings (SSSR count). The van der Waals surface area contributed by atoms with E-state index < -0.39 is 35.6 Å². The molecule has 1 saturated carbocycles. The Morgan fingerprint density at radius 1 is 1.00 bits per heavy atom. The molecular formula is C40H39N11O7. The molecule has 18 nitrogen and oxygen atoms in total. The summed E-state index contributed by atoms with van der Waals surface area (Å²) in [4.78, 5) is 78.5. The molecule has 296 valence electrons. The summed E-state index contributed by atoms with van der Waals surface area (Å²) >= 11 is 0. The van der Waals surface area contributed by atoms with Gasteiger partial charge in [0.2, 0.25) is 17.6 Å². The van der Waals surface area contributed by atoms with E-state index >= 15 is 0 Å². The molecule has 18 heteroatoms. The fourth-order valence-corrected chi connectivity index (χ4v) is 7.84. The summed E-state index contributed by atoms with van der Waals surface area (Å²) in [5, 5.41) is 22.0. The van der Waals surface area contributed by atoms with E-state index in [1.54, 1.807) is 19.2 Å². The van der Waals surface area contributed by atoms with Gasteiger partial charge in [0.05, 0.1) is 40.6 Å². The van der Waals surface area contributed by atoms with Crippen LogP contribution in [0.1, 0.15) is 87.0 Å². The number of amides is 5. The number of anilines is 3. The number of ether oxygens (including phenoxy) is 1. The van der Waals surface area contributed by atoms with Gasteiger partial charge in [-0.15, -0.1) is 0 Å². The van der Waals surface area contributed by atoms with Crippen LogP contribution < -0.4 is 26.0 Å². The van der Waals surface area contributed by atoms with Gasteiger partial charge in [0, 0.05) is 60.2 Å². The Morgan fingerprint density at radius 3 is 2.55 bits per heavy atom. The molecular weight excluding hydrogens is 747 g/mol. The Morgan fingerprint density at radius 2 is 1.83 bits per heavy atom. The molecule has 4 aromatic heterocycles. The number of aryl methyl sites for hydroxylation is 3. The van der Waals surface area contributed by atoms with Crippen LogP contribution in [0.2, 0.25) is 0 Å². The first-order valence-electron chi connectivity index (χ1n) is 19.1. The van der Waals surface area contributed by atoms with Crippen LogP contribution in [0.4, 0.5) is 17.3 Å². The first-order chi connectivity index (χ1) is 28.0. The first kappa shape index (κ1) is 36.5. The molecule has 0 radical (unpaired) electrons. The largest absolute Gasteiger partial charge is 0.496 e. The van der Waals surface area contributed by atoms with Crippen molar-refractivity contribution < 1.29 is 33.2 Å².